The van der Waals surface area contributed by atoms with E-state index in [-0.39, 0.29) is 4.90 Å². The van der Waals surface area contributed by atoms with Crippen molar-refractivity contribution in [1.29, 1.82) is 0 Å². The van der Waals surface area contributed by atoms with Crippen molar-refractivity contribution in [2.45, 2.75) is 25.7 Å². The van der Waals surface area contributed by atoms with E-state index >= 15 is 0 Å². The van der Waals surface area contributed by atoms with Gasteiger partial charge in [-0.1, -0.05) is 23.8 Å². The second-order valence-corrected chi connectivity index (χ2v) is 7.43. The number of hydrogen-bond donors (Lipinski definition) is 1. The highest BCUT2D eigenvalue weighted by Crippen LogP contribution is 2.31. The lowest BCUT2D eigenvalue weighted by molar-refractivity contribution is 0.589. The van der Waals surface area contributed by atoms with Gasteiger partial charge in [-0.2, -0.15) is 0 Å². The molecular weight excluding hydrogens is 296 g/mol. The molecule has 0 spiro atoms. The van der Waals surface area contributed by atoms with Gasteiger partial charge in [0.25, 0.3) is 10.0 Å². The van der Waals surface area contributed by atoms with Crippen LogP contribution in [0.2, 0.25) is 0 Å². The smallest absolute Gasteiger partial charge is 0.268 e. The standard InChI is InChI=1S/C17H18N2O2S/c1-11-4-6-14(7-5-11)22(20,21)19-9-8-15-16(18)12(2)10-13(3)17(15)19/h4-10H,18H2,1-3H3. The van der Waals surface area contributed by atoms with Crippen LogP contribution in [0.1, 0.15) is 16.7 Å². The summed E-state index contributed by atoms with van der Waals surface area (Å²) in [6.07, 6.45) is 1.57. The fourth-order valence-electron chi connectivity index (χ4n) is 2.73. The van der Waals surface area contributed by atoms with Crippen molar-refractivity contribution in [3.8, 4) is 0 Å². The van der Waals surface area contributed by atoms with Crippen LogP contribution in [0.5, 0.6) is 0 Å². The molecule has 1 aromatic heterocycles. The molecule has 0 aliphatic rings. The minimum Gasteiger partial charge on any atom is -0.398 e. The summed E-state index contributed by atoms with van der Waals surface area (Å²) in [5.41, 5.74) is 10.2. The lowest BCUT2D eigenvalue weighted by Gasteiger charge is -2.11. The van der Waals surface area contributed by atoms with E-state index < -0.39 is 10.0 Å². The van der Waals surface area contributed by atoms with Gasteiger partial charge in [0.05, 0.1) is 10.4 Å². The minimum atomic E-state index is -3.63. The maximum absolute atomic E-state index is 12.9. The van der Waals surface area contributed by atoms with Gasteiger partial charge >= 0.3 is 0 Å². The zero-order valence-corrected chi connectivity index (χ0v) is 13.6. The number of rotatable bonds is 2. The Hall–Kier alpha value is -2.27. The summed E-state index contributed by atoms with van der Waals surface area (Å²) in [6.45, 7) is 5.75. The minimum absolute atomic E-state index is 0.272. The van der Waals surface area contributed by atoms with Gasteiger partial charge in [-0.3, -0.25) is 0 Å². The lowest BCUT2D eigenvalue weighted by atomic mass is 10.1. The summed E-state index contributed by atoms with van der Waals surface area (Å²) in [5, 5.41) is 0.771. The number of aryl methyl sites for hydroxylation is 3. The van der Waals surface area contributed by atoms with Crippen LogP contribution in [-0.2, 0) is 10.0 Å². The van der Waals surface area contributed by atoms with Crippen molar-refractivity contribution < 1.29 is 8.42 Å². The van der Waals surface area contributed by atoms with Crippen LogP contribution in [0, 0.1) is 20.8 Å². The average Bonchev–Trinajstić information content (AvgIpc) is 2.91. The maximum atomic E-state index is 12.9. The Bertz CT molecular complexity index is 968. The molecule has 3 rings (SSSR count). The summed E-state index contributed by atoms with van der Waals surface area (Å²) in [7, 11) is -3.63. The molecule has 0 fully saturated rings. The van der Waals surface area contributed by atoms with Crippen LogP contribution >= 0.6 is 0 Å². The van der Waals surface area contributed by atoms with Crippen molar-refractivity contribution in [2.24, 2.45) is 0 Å². The zero-order valence-electron chi connectivity index (χ0n) is 12.8. The van der Waals surface area contributed by atoms with E-state index in [2.05, 4.69) is 0 Å². The third kappa shape index (κ3) is 2.09. The second kappa shape index (κ2) is 4.88. The number of aromatic nitrogens is 1. The fraction of sp³-hybridized carbons (Fsp3) is 0.176. The monoisotopic (exact) mass is 314 g/mol. The van der Waals surface area contributed by atoms with Crippen LogP contribution in [0.4, 0.5) is 5.69 Å². The summed E-state index contributed by atoms with van der Waals surface area (Å²) in [6, 6.07) is 10.5. The number of anilines is 1. The Labute approximate surface area is 130 Å². The molecule has 3 aromatic rings. The van der Waals surface area contributed by atoms with Crippen LogP contribution in [-0.4, -0.2) is 12.4 Å². The normalized spacial score (nSPS) is 12.0. The van der Waals surface area contributed by atoms with Gasteiger partial charge in [0.2, 0.25) is 0 Å². The maximum Gasteiger partial charge on any atom is 0.268 e. The highest BCUT2D eigenvalue weighted by atomic mass is 32.2. The van der Waals surface area contributed by atoms with Crippen LogP contribution in [0.3, 0.4) is 0 Å². The van der Waals surface area contributed by atoms with Gasteiger partial charge in [0, 0.05) is 17.3 Å². The first-order valence-electron chi connectivity index (χ1n) is 7.01. The van der Waals surface area contributed by atoms with E-state index in [4.69, 9.17) is 5.73 Å². The van der Waals surface area contributed by atoms with Crippen LogP contribution in [0.25, 0.3) is 10.9 Å². The van der Waals surface area contributed by atoms with Gasteiger partial charge in [-0.25, -0.2) is 12.4 Å². The van der Waals surface area contributed by atoms with E-state index in [0.717, 1.165) is 22.1 Å². The Morgan fingerprint density at radius 3 is 2.23 bits per heavy atom. The van der Waals surface area contributed by atoms with Gasteiger partial charge in [0.1, 0.15) is 0 Å². The largest absolute Gasteiger partial charge is 0.398 e. The third-order valence-electron chi connectivity index (χ3n) is 3.95. The van der Waals surface area contributed by atoms with Crippen molar-refractivity contribution in [3.05, 3.63) is 59.3 Å². The van der Waals surface area contributed by atoms with E-state index in [1.165, 1.54) is 3.97 Å². The lowest BCUT2D eigenvalue weighted by Crippen LogP contribution is -2.12. The molecule has 0 atom stereocenters. The molecule has 0 aliphatic heterocycles. The molecule has 0 unspecified atom stereocenters. The fourth-order valence-corrected chi connectivity index (χ4v) is 4.14. The van der Waals surface area contributed by atoms with Crippen LogP contribution < -0.4 is 5.73 Å². The van der Waals surface area contributed by atoms with Crippen molar-refractivity contribution >= 4 is 26.6 Å². The predicted molar refractivity (Wildman–Crippen MR) is 89.6 cm³/mol. The van der Waals surface area contributed by atoms with E-state index in [9.17, 15) is 8.42 Å². The molecule has 0 amide bonds. The number of nitrogens with zero attached hydrogens (tertiary/aromatic N) is 1. The first-order valence-corrected chi connectivity index (χ1v) is 8.45. The SMILES string of the molecule is Cc1ccc(S(=O)(=O)n2ccc3c(N)c(C)cc(C)c32)cc1. The van der Waals surface area contributed by atoms with Gasteiger partial charge in [-0.15, -0.1) is 0 Å². The third-order valence-corrected chi connectivity index (χ3v) is 5.64. The van der Waals surface area contributed by atoms with Crippen LogP contribution in [0.15, 0.2) is 47.5 Å². The summed E-state index contributed by atoms with van der Waals surface area (Å²) >= 11 is 0. The molecule has 2 N–H and O–H groups in total. The first-order chi connectivity index (χ1) is 10.3. The number of hydrogen-bond acceptors (Lipinski definition) is 3. The Morgan fingerprint density at radius 1 is 0.955 bits per heavy atom. The highest BCUT2D eigenvalue weighted by molar-refractivity contribution is 7.90. The number of benzene rings is 2. The molecule has 2 aromatic carbocycles. The highest BCUT2D eigenvalue weighted by Gasteiger charge is 2.21. The van der Waals surface area contributed by atoms with Gasteiger partial charge < -0.3 is 5.73 Å². The van der Waals surface area contributed by atoms with Crippen molar-refractivity contribution in [1.82, 2.24) is 3.97 Å². The van der Waals surface area contributed by atoms with Gasteiger partial charge in [-0.05, 0) is 50.1 Å². The van der Waals surface area contributed by atoms with Crippen molar-refractivity contribution in [2.75, 3.05) is 5.73 Å². The number of nitrogens with two attached hydrogens (primary N) is 1. The zero-order chi connectivity index (χ0) is 16.1. The van der Waals surface area contributed by atoms with E-state index in [1.54, 1.807) is 36.5 Å². The second-order valence-electron chi connectivity index (χ2n) is 5.62. The molecule has 4 nitrogen and oxygen atoms in total. The molecule has 0 radical (unpaired) electrons. The molecule has 0 bridgehead atoms. The molecule has 1 heterocycles. The Morgan fingerprint density at radius 2 is 1.59 bits per heavy atom. The van der Waals surface area contributed by atoms with Gasteiger partial charge in [0.15, 0.2) is 0 Å². The summed E-state index contributed by atoms with van der Waals surface area (Å²) in [4.78, 5) is 0.272. The Kier molecular flexibility index (Phi) is 3.25. The Balaban J connectivity index is 2.31. The molecular formula is C17H18N2O2S. The quantitative estimate of drug-likeness (QED) is 0.737. The molecule has 5 heteroatoms. The summed E-state index contributed by atoms with van der Waals surface area (Å²) < 4.78 is 27.1. The first kappa shape index (κ1) is 14.7. The molecule has 0 saturated carbocycles. The molecule has 0 aliphatic carbocycles. The molecule has 22 heavy (non-hydrogen) atoms. The topological polar surface area (TPSA) is 65.1 Å². The number of nitrogen functional groups attached to an aromatic ring is 1. The predicted octanol–water partition coefficient (Wildman–Crippen LogP) is 3.39. The number of fused-ring (bicyclic) bond motifs is 1. The molecule has 114 valence electrons. The summed E-state index contributed by atoms with van der Waals surface area (Å²) in [5.74, 6) is 0. The van der Waals surface area contributed by atoms with E-state index in [0.29, 0.717) is 11.2 Å². The van der Waals surface area contributed by atoms with E-state index in [1.807, 2.05) is 26.8 Å². The molecule has 0 saturated heterocycles. The average molecular weight is 314 g/mol. The van der Waals surface area contributed by atoms with Crippen molar-refractivity contribution in [3.63, 3.8) is 0 Å².